The van der Waals surface area contributed by atoms with Crippen molar-refractivity contribution in [1.82, 2.24) is 4.90 Å². The zero-order valence-electron chi connectivity index (χ0n) is 9.98. The van der Waals surface area contributed by atoms with Crippen LogP contribution in [0.25, 0.3) is 0 Å². The molecule has 1 unspecified atom stereocenters. The van der Waals surface area contributed by atoms with E-state index in [2.05, 4.69) is 0 Å². The van der Waals surface area contributed by atoms with Gasteiger partial charge in [-0.1, -0.05) is 0 Å². The molecule has 5 heteroatoms. The van der Waals surface area contributed by atoms with Crippen molar-refractivity contribution in [1.29, 1.82) is 0 Å². The second-order valence-corrected chi connectivity index (χ2v) is 3.90. The number of hydrogen-bond acceptors (Lipinski definition) is 4. The molecular weight excluding hydrogens is 208 g/mol. The van der Waals surface area contributed by atoms with E-state index in [0.29, 0.717) is 26.3 Å². The lowest BCUT2D eigenvalue weighted by Crippen LogP contribution is -2.44. The van der Waals surface area contributed by atoms with Gasteiger partial charge in [0, 0.05) is 26.2 Å². The number of nitrogens with zero attached hydrogens (tertiary/aromatic N) is 1. The maximum absolute atomic E-state index is 11.7. The molecule has 0 bridgehead atoms. The van der Waals surface area contributed by atoms with E-state index >= 15 is 0 Å². The van der Waals surface area contributed by atoms with E-state index in [1.807, 2.05) is 11.8 Å². The van der Waals surface area contributed by atoms with E-state index in [9.17, 15) is 4.79 Å². The van der Waals surface area contributed by atoms with Crippen molar-refractivity contribution in [2.24, 2.45) is 5.73 Å². The number of ether oxygens (including phenoxy) is 2. The maximum atomic E-state index is 11.7. The highest BCUT2D eigenvalue weighted by Crippen LogP contribution is 2.13. The molecule has 16 heavy (non-hydrogen) atoms. The molecule has 0 aromatic carbocycles. The van der Waals surface area contributed by atoms with Crippen molar-refractivity contribution < 1.29 is 14.3 Å². The molecule has 2 N–H and O–H groups in total. The standard InChI is InChI=1S/C11H22N2O3/c1-2-16-10-4-3-6-13(8-10)11(14)9-15-7-5-12/h10H,2-9,12H2,1H3. The highest BCUT2D eigenvalue weighted by Gasteiger charge is 2.23. The molecule has 5 nitrogen and oxygen atoms in total. The Balaban J connectivity index is 2.26. The normalized spacial score (nSPS) is 21.1. The summed E-state index contributed by atoms with van der Waals surface area (Å²) in [6, 6.07) is 0. The van der Waals surface area contributed by atoms with Crippen LogP contribution in [0, 0.1) is 0 Å². The third-order valence-electron chi connectivity index (χ3n) is 2.62. The predicted molar refractivity (Wildman–Crippen MR) is 61.1 cm³/mol. The molecule has 94 valence electrons. The minimum Gasteiger partial charge on any atom is -0.377 e. The number of likely N-dealkylation sites (tertiary alicyclic amines) is 1. The van der Waals surface area contributed by atoms with Crippen LogP contribution in [0.1, 0.15) is 19.8 Å². The average Bonchev–Trinajstić information content (AvgIpc) is 2.30. The molecule has 0 saturated carbocycles. The van der Waals surface area contributed by atoms with Crippen molar-refractivity contribution in [3.05, 3.63) is 0 Å². The SMILES string of the molecule is CCOC1CCCN(C(=O)COCCN)C1. The molecule has 0 aliphatic carbocycles. The summed E-state index contributed by atoms with van der Waals surface area (Å²) in [7, 11) is 0. The number of carbonyl (C=O) groups excluding carboxylic acids is 1. The zero-order chi connectivity index (χ0) is 11.8. The van der Waals surface area contributed by atoms with Crippen LogP contribution in [0.15, 0.2) is 0 Å². The van der Waals surface area contributed by atoms with Crippen molar-refractivity contribution in [3.8, 4) is 0 Å². The highest BCUT2D eigenvalue weighted by atomic mass is 16.5. The van der Waals surface area contributed by atoms with Crippen LogP contribution in [0.5, 0.6) is 0 Å². The quantitative estimate of drug-likeness (QED) is 0.652. The van der Waals surface area contributed by atoms with Crippen LogP contribution in [-0.2, 0) is 14.3 Å². The van der Waals surface area contributed by atoms with Gasteiger partial charge in [-0.2, -0.15) is 0 Å². The maximum Gasteiger partial charge on any atom is 0.248 e. The second kappa shape index (κ2) is 7.60. The average molecular weight is 230 g/mol. The summed E-state index contributed by atoms with van der Waals surface area (Å²) in [6.45, 7) is 5.22. The summed E-state index contributed by atoms with van der Waals surface area (Å²) in [5, 5.41) is 0. The molecule has 1 amide bonds. The van der Waals surface area contributed by atoms with Crippen LogP contribution in [-0.4, -0.2) is 56.4 Å². The molecule has 1 atom stereocenters. The van der Waals surface area contributed by atoms with Crippen LogP contribution in [0.2, 0.25) is 0 Å². The summed E-state index contributed by atoms with van der Waals surface area (Å²) >= 11 is 0. The number of amides is 1. The molecule has 0 radical (unpaired) electrons. The fourth-order valence-corrected chi connectivity index (χ4v) is 1.87. The van der Waals surface area contributed by atoms with Gasteiger partial charge in [0.1, 0.15) is 6.61 Å². The first kappa shape index (κ1) is 13.4. The Labute approximate surface area is 96.9 Å². The fraction of sp³-hybridized carbons (Fsp3) is 0.909. The van der Waals surface area contributed by atoms with Crippen LogP contribution >= 0.6 is 0 Å². The molecule has 1 fully saturated rings. The predicted octanol–water partition coefficient (Wildman–Crippen LogP) is -0.0108. The van der Waals surface area contributed by atoms with Crippen LogP contribution in [0.3, 0.4) is 0 Å². The second-order valence-electron chi connectivity index (χ2n) is 3.90. The van der Waals surface area contributed by atoms with Crippen molar-refractivity contribution in [3.63, 3.8) is 0 Å². The Kier molecular flexibility index (Phi) is 6.37. The third kappa shape index (κ3) is 4.47. The molecule has 1 saturated heterocycles. The topological polar surface area (TPSA) is 64.8 Å². The Morgan fingerprint density at radius 2 is 2.38 bits per heavy atom. The first-order valence-corrected chi connectivity index (χ1v) is 5.95. The van der Waals surface area contributed by atoms with E-state index < -0.39 is 0 Å². The smallest absolute Gasteiger partial charge is 0.248 e. The van der Waals surface area contributed by atoms with E-state index in [4.69, 9.17) is 15.2 Å². The Morgan fingerprint density at radius 1 is 1.56 bits per heavy atom. The lowest BCUT2D eigenvalue weighted by Gasteiger charge is -2.32. The summed E-state index contributed by atoms with van der Waals surface area (Å²) in [5.74, 6) is 0.0397. The van der Waals surface area contributed by atoms with Crippen molar-refractivity contribution in [2.45, 2.75) is 25.9 Å². The van der Waals surface area contributed by atoms with E-state index in [0.717, 1.165) is 19.4 Å². The number of hydrogen-bond donors (Lipinski definition) is 1. The van der Waals surface area contributed by atoms with Crippen LogP contribution < -0.4 is 5.73 Å². The lowest BCUT2D eigenvalue weighted by molar-refractivity contribution is -0.140. The molecular formula is C11H22N2O3. The fourth-order valence-electron chi connectivity index (χ4n) is 1.87. The third-order valence-corrected chi connectivity index (χ3v) is 2.62. The molecule has 0 aromatic rings. The first-order chi connectivity index (χ1) is 7.77. The first-order valence-electron chi connectivity index (χ1n) is 5.95. The number of piperidine rings is 1. The Morgan fingerprint density at radius 3 is 3.06 bits per heavy atom. The Bertz CT molecular complexity index is 209. The van der Waals surface area contributed by atoms with E-state index in [1.165, 1.54) is 0 Å². The molecule has 0 aromatic heterocycles. The van der Waals surface area contributed by atoms with Gasteiger partial charge in [0.05, 0.1) is 12.7 Å². The Hall–Kier alpha value is -0.650. The summed E-state index contributed by atoms with van der Waals surface area (Å²) in [4.78, 5) is 13.5. The van der Waals surface area contributed by atoms with Crippen molar-refractivity contribution in [2.75, 3.05) is 39.5 Å². The van der Waals surface area contributed by atoms with Crippen LogP contribution in [0.4, 0.5) is 0 Å². The van der Waals surface area contributed by atoms with Gasteiger partial charge in [0.25, 0.3) is 0 Å². The van der Waals surface area contributed by atoms with Gasteiger partial charge in [-0.25, -0.2) is 0 Å². The monoisotopic (exact) mass is 230 g/mol. The van der Waals surface area contributed by atoms with Gasteiger partial charge >= 0.3 is 0 Å². The zero-order valence-corrected chi connectivity index (χ0v) is 9.98. The number of nitrogens with two attached hydrogens (primary N) is 1. The summed E-state index contributed by atoms with van der Waals surface area (Å²) < 4.78 is 10.7. The van der Waals surface area contributed by atoms with Gasteiger partial charge in [0.2, 0.25) is 5.91 Å². The summed E-state index contributed by atoms with van der Waals surface area (Å²) in [5.41, 5.74) is 5.28. The number of carbonyl (C=O) groups is 1. The molecule has 1 aliphatic heterocycles. The molecule has 1 aliphatic rings. The van der Waals surface area contributed by atoms with E-state index in [-0.39, 0.29) is 18.6 Å². The van der Waals surface area contributed by atoms with Gasteiger partial charge < -0.3 is 20.1 Å². The molecule has 1 rings (SSSR count). The molecule has 0 spiro atoms. The molecule has 1 heterocycles. The minimum absolute atomic E-state index is 0.0397. The number of rotatable bonds is 6. The lowest BCUT2D eigenvalue weighted by atomic mass is 10.1. The largest absolute Gasteiger partial charge is 0.377 e. The minimum atomic E-state index is 0.0397. The van der Waals surface area contributed by atoms with Crippen molar-refractivity contribution >= 4 is 5.91 Å². The van der Waals surface area contributed by atoms with Gasteiger partial charge in [-0.15, -0.1) is 0 Å². The summed E-state index contributed by atoms with van der Waals surface area (Å²) in [6.07, 6.45) is 2.24. The van der Waals surface area contributed by atoms with Gasteiger partial charge in [0.15, 0.2) is 0 Å². The highest BCUT2D eigenvalue weighted by molar-refractivity contribution is 5.77. The van der Waals surface area contributed by atoms with Gasteiger partial charge in [-0.3, -0.25) is 4.79 Å². The van der Waals surface area contributed by atoms with Gasteiger partial charge in [-0.05, 0) is 19.8 Å². The van der Waals surface area contributed by atoms with E-state index in [1.54, 1.807) is 0 Å².